The van der Waals surface area contributed by atoms with Crippen molar-refractivity contribution in [1.29, 1.82) is 5.26 Å². The van der Waals surface area contributed by atoms with Crippen LogP contribution in [0.25, 0.3) is 11.3 Å². The van der Waals surface area contributed by atoms with Crippen molar-refractivity contribution in [3.8, 4) is 23.1 Å². The molecule has 30 heavy (non-hydrogen) atoms. The van der Waals surface area contributed by atoms with E-state index in [1.54, 1.807) is 6.07 Å². The number of halogens is 3. The van der Waals surface area contributed by atoms with E-state index in [9.17, 15) is 18.3 Å². The van der Waals surface area contributed by atoms with E-state index in [2.05, 4.69) is 32.4 Å². The molecule has 2 aromatic rings. The van der Waals surface area contributed by atoms with Crippen LogP contribution in [-0.4, -0.2) is 59.5 Å². The molecule has 158 valence electrons. The van der Waals surface area contributed by atoms with Gasteiger partial charge in [0.25, 0.3) is 0 Å². The maximum absolute atomic E-state index is 13.6. The second kappa shape index (κ2) is 7.65. The summed E-state index contributed by atoms with van der Waals surface area (Å²) in [6, 6.07) is 5.10. The van der Waals surface area contributed by atoms with Gasteiger partial charge >= 0.3 is 6.18 Å². The number of hydrogen-bond donors (Lipinski definition) is 2. The number of likely N-dealkylation sites (N-methyl/N-ethyl adjacent to an activating group) is 1. The number of nitrogens with one attached hydrogen (secondary N) is 1. The molecule has 1 atom stereocenters. The van der Waals surface area contributed by atoms with Crippen LogP contribution in [0.3, 0.4) is 0 Å². The molecule has 3 heterocycles. The summed E-state index contributed by atoms with van der Waals surface area (Å²) in [6.07, 6.45) is -2.68. The van der Waals surface area contributed by atoms with Gasteiger partial charge in [-0.2, -0.15) is 18.4 Å². The first kappa shape index (κ1) is 20.2. The van der Waals surface area contributed by atoms with Gasteiger partial charge in [0.2, 0.25) is 0 Å². The second-order valence-electron chi connectivity index (χ2n) is 7.67. The SMILES string of the molecule is CN1CCC[C@@H](N2CCNc3cc(-c4c(O)cc(C#N)cc4C(F)(F)F)nnc32)C1. The van der Waals surface area contributed by atoms with Crippen LogP contribution in [0.15, 0.2) is 18.2 Å². The molecule has 1 saturated heterocycles. The summed E-state index contributed by atoms with van der Waals surface area (Å²) in [5.74, 6) is -0.0517. The van der Waals surface area contributed by atoms with Gasteiger partial charge in [0, 0.05) is 25.7 Å². The third-order valence-electron chi connectivity index (χ3n) is 5.56. The lowest BCUT2D eigenvalue weighted by Gasteiger charge is -2.41. The molecule has 0 saturated carbocycles. The number of alkyl halides is 3. The predicted molar refractivity (Wildman–Crippen MR) is 105 cm³/mol. The van der Waals surface area contributed by atoms with Crippen molar-refractivity contribution in [3.63, 3.8) is 0 Å². The Kier molecular flexibility index (Phi) is 5.15. The third-order valence-corrected chi connectivity index (χ3v) is 5.56. The number of aromatic nitrogens is 2. The van der Waals surface area contributed by atoms with Gasteiger partial charge in [-0.3, -0.25) is 0 Å². The van der Waals surface area contributed by atoms with E-state index >= 15 is 0 Å². The predicted octanol–water partition coefficient (Wildman–Crippen LogP) is 3.07. The lowest BCUT2D eigenvalue weighted by molar-refractivity contribution is -0.137. The molecule has 0 bridgehead atoms. The topological polar surface area (TPSA) is 88.3 Å². The van der Waals surface area contributed by atoms with Crippen LogP contribution in [0.5, 0.6) is 5.75 Å². The Balaban J connectivity index is 1.76. The summed E-state index contributed by atoms with van der Waals surface area (Å²) >= 11 is 0. The molecule has 10 heteroatoms. The monoisotopic (exact) mass is 418 g/mol. The van der Waals surface area contributed by atoms with Crippen molar-refractivity contribution in [1.82, 2.24) is 15.1 Å². The molecule has 2 aliphatic heterocycles. The molecule has 7 nitrogen and oxygen atoms in total. The largest absolute Gasteiger partial charge is 0.507 e. The Bertz CT molecular complexity index is 1000. The number of nitriles is 1. The van der Waals surface area contributed by atoms with E-state index in [1.807, 2.05) is 0 Å². The van der Waals surface area contributed by atoms with E-state index in [4.69, 9.17) is 5.26 Å². The number of phenolic OH excluding ortho intramolecular Hbond substituents is 1. The zero-order valence-electron chi connectivity index (χ0n) is 16.4. The molecule has 0 amide bonds. The van der Waals surface area contributed by atoms with Crippen LogP contribution in [-0.2, 0) is 6.18 Å². The average Bonchev–Trinajstić information content (AvgIpc) is 2.71. The number of fused-ring (bicyclic) bond motifs is 1. The zero-order chi connectivity index (χ0) is 21.5. The summed E-state index contributed by atoms with van der Waals surface area (Å²) in [5.41, 5.74) is -1.39. The highest BCUT2D eigenvalue weighted by Crippen LogP contribution is 2.43. The Morgan fingerprint density at radius 2 is 2.03 bits per heavy atom. The Morgan fingerprint density at radius 3 is 2.73 bits per heavy atom. The first-order valence-corrected chi connectivity index (χ1v) is 9.69. The Hall–Kier alpha value is -3.06. The molecule has 1 fully saturated rings. The molecule has 1 aromatic carbocycles. The summed E-state index contributed by atoms with van der Waals surface area (Å²) in [5, 5.41) is 30.7. The molecular weight excluding hydrogens is 397 g/mol. The van der Waals surface area contributed by atoms with Gasteiger partial charge in [0.1, 0.15) is 5.75 Å². The highest BCUT2D eigenvalue weighted by atomic mass is 19.4. The summed E-state index contributed by atoms with van der Waals surface area (Å²) < 4.78 is 40.8. The van der Waals surface area contributed by atoms with Gasteiger partial charge < -0.3 is 20.2 Å². The minimum absolute atomic E-state index is 0.0989. The van der Waals surface area contributed by atoms with Crippen molar-refractivity contribution in [2.45, 2.75) is 25.1 Å². The first-order chi connectivity index (χ1) is 14.3. The van der Waals surface area contributed by atoms with Crippen molar-refractivity contribution in [2.24, 2.45) is 0 Å². The van der Waals surface area contributed by atoms with Crippen LogP contribution in [0.1, 0.15) is 24.0 Å². The number of piperidine rings is 1. The summed E-state index contributed by atoms with van der Waals surface area (Å²) in [4.78, 5) is 4.41. The molecule has 2 aliphatic rings. The Labute approximate surface area is 171 Å². The quantitative estimate of drug-likeness (QED) is 0.775. The van der Waals surface area contributed by atoms with Crippen molar-refractivity contribution < 1.29 is 18.3 Å². The fraction of sp³-hybridized carbons (Fsp3) is 0.450. The number of likely N-dealkylation sites (tertiary alicyclic amines) is 1. The van der Waals surface area contributed by atoms with Crippen molar-refractivity contribution in [2.75, 3.05) is 43.4 Å². The van der Waals surface area contributed by atoms with E-state index < -0.39 is 23.1 Å². The smallest absolute Gasteiger partial charge is 0.417 e. The highest BCUT2D eigenvalue weighted by molar-refractivity contribution is 5.78. The molecule has 2 N–H and O–H groups in total. The molecule has 4 rings (SSSR count). The molecule has 0 aliphatic carbocycles. The van der Waals surface area contributed by atoms with Gasteiger partial charge in [0.15, 0.2) is 5.82 Å². The molecule has 1 aromatic heterocycles. The normalized spacial score (nSPS) is 19.7. The molecular formula is C20H21F3N6O. The number of benzene rings is 1. The standard InChI is InChI=1S/C20H21F3N6O/c1-28-5-2-3-13(11-28)29-6-4-25-16-9-15(26-27-19(16)29)18-14(20(21,22)23)7-12(10-24)8-17(18)30/h7-9,13,25,30H,2-6,11H2,1H3/t13-/m1/s1. The maximum atomic E-state index is 13.6. The first-order valence-electron chi connectivity index (χ1n) is 9.69. The van der Waals surface area contributed by atoms with Crippen LogP contribution < -0.4 is 10.2 Å². The number of nitrogens with zero attached hydrogens (tertiary/aromatic N) is 5. The van der Waals surface area contributed by atoms with Gasteiger partial charge in [-0.05, 0) is 44.6 Å². The van der Waals surface area contributed by atoms with Gasteiger partial charge in [-0.15, -0.1) is 10.2 Å². The second-order valence-corrected chi connectivity index (χ2v) is 7.67. The van der Waals surface area contributed by atoms with E-state index in [0.717, 1.165) is 38.5 Å². The average molecular weight is 418 g/mol. The van der Waals surface area contributed by atoms with Crippen molar-refractivity contribution in [3.05, 3.63) is 29.3 Å². The minimum Gasteiger partial charge on any atom is -0.507 e. The number of hydrogen-bond acceptors (Lipinski definition) is 7. The van der Waals surface area contributed by atoms with E-state index in [-0.39, 0.29) is 17.3 Å². The molecule has 0 radical (unpaired) electrons. The molecule has 0 unspecified atom stereocenters. The minimum atomic E-state index is -4.76. The molecule has 0 spiro atoms. The van der Waals surface area contributed by atoms with E-state index in [0.29, 0.717) is 24.1 Å². The highest BCUT2D eigenvalue weighted by Gasteiger charge is 2.37. The van der Waals surface area contributed by atoms with Crippen LogP contribution in [0.4, 0.5) is 24.7 Å². The third kappa shape index (κ3) is 3.73. The van der Waals surface area contributed by atoms with Gasteiger partial charge in [-0.1, -0.05) is 0 Å². The lowest BCUT2D eigenvalue weighted by Crippen LogP contribution is -2.50. The number of phenols is 1. The van der Waals surface area contributed by atoms with Crippen LogP contribution in [0.2, 0.25) is 0 Å². The van der Waals surface area contributed by atoms with Gasteiger partial charge in [-0.25, -0.2) is 0 Å². The van der Waals surface area contributed by atoms with Crippen molar-refractivity contribution >= 4 is 11.5 Å². The van der Waals surface area contributed by atoms with E-state index in [1.165, 1.54) is 6.07 Å². The van der Waals surface area contributed by atoms with Crippen LogP contribution in [0, 0.1) is 11.3 Å². The van der Waals surface area contributed by atoms with Crippen LogP contribution >= 0.6 is 0 Å². The number of aromatic hydroxyl groups is 1. The number of anilines is 2. The maximum Gasteiger partial charge on any atom is 0.417 e. The number of rotatable bonds is 2. The lowest BCUT2D eigenvalue weighted by atomic mass is 9.99. The summed E-state index contributed by atoms with van der Waals surface area (Å²) in [7, 11) is 2.07. The fourth-order valence-electron chi connectivity index (χ4n) is 4.20. The van der Waals surface area contributed by atoms with Gasteiger partial charge in [0.05, 0.1) is 34.1 Å². The zero-order valence-corrected chi connectivity index (χ0v) is 16.4. The fourth-order valence-corrected chi connectivity index (χ4v) is 4.20. The Morgan fingerprint density at radius 1 is 1.23 bits per heavy atom. The summed E-state index contributed by atoms with van der Waals surface area (Å²) in [6.45, 7) is 3.29.